The van der Waals surface area contributed by atoms with Gasteiger partial charge in [0, 0.05) is 12.4 Å². The van der Waals surface area contributed by atoms with Crippen molar-refractivity contribution in [2.75, 3.05) is 0 Å². The molecular formula is C13H17NO. The summed E-state index contributed by atoms with van der Waals surface area (Å²) < 4.78 is 0. The van der Waals surface area contributed by atoms with E-state index in [4.69, 9.17) is 0 Å². The van der Waals surface area contributed by atoms with Gasteiger partial charge in [-0.3, -0.25) is 4.98 Å². The molecule has 1 aromatic heterocycles. The van der Waals surface area contributed by atoms with Crippen molar-refractivity contribution in [3.63, 3.8) is 0 Å². The van der Waals surface area contributed by atoms with E-state index in [1.165, 1.54) is 17.6 Å². The molecule has 80 valence electrons. The molecule has 2 heteroatoms. The Bertz CT molecular complexity index is 332. The minimum atomic E-state index is -0.237. The van der Waals surface area contributed by atoms with Crippen LogP contribution in [0.1, 0.15) is 31.2 Å². The van der Waals surface area contributed by atoms with Crippen LogP contribution in [0.15, 0.2) is 36.2 Å². The van der Waals surface area contributed by atoms with Crippen molar-refractivity contribution in [2.24, 2.45) is 0 Å². The molecule has 2 rings (SSSR count). The number of aliphatic hydroxyl groups excluding tert-OH is 1. The third kappa shape index (κ3) is 3.17. The molecule has 0 saturated carbocycles. The Morgan fingerprint density at radius 3 is 3.13 bits per heavy atom. The van der Waals surface area contributed by atoms with Crippen LogP contribution in [-0.2, 0) is 6.42 Å². The second kappa shape index (κ2) is 5.08. The lowest BCUT2D eigenvalue weighted by molar-refractivity contribution is 0.211. The summed E-state index contributed by atoms with van der Waals surface area (Å²) in [5.74, 6) is 0. The zero-order valence-electron chi connectivity index (χ0n) is 8.89. The summed E-state index contributed by atoms with van der Waals surface area (Å²) in [6, 6.07) is 4.05. The third-order valence-electron chi connectivity index (χ3n) is 2.83. The number of nitrogens with zero attached hydrogens (tertiary/aromatic N) is 1. The van der Waals surface area contributed by atoms with Crippen LogP contribution in [-0.4, -0.2) is 16.2 Å². The summed E-state index contributed by atoms with van der Waals surface area (Å²) >= 11 is 0. The van der Waals surface area contributed by atoms with E-state index in [2.05, 4.69) is 11.1 Å². The molecule has 1 unspecified atom stereocenters. The molecule has 0 aromatic carbocycles. The van der Waals surface area contributed by atoms with Gasteiger partial charge in [-0.15, -0.1) is 0 Å². The van der Waals surface area contributed by atoms with Gasteiger partial charge in [-0.2, -0.15) is 0 Å². The standard InChI is InChI=1S/C13H17NO/c15-13-6-2-1-4-11(9-13)8-12-5-3-7-14-10-12/h3,5,7,9-10,13,15H,1-2,4,6,8H2. The fraction of sp³-hybridized carbons (Fsp3) is 0.462. The van der Waals surface area contributed by atoms with Crippen LogP contribution >= 0.6 is 0 Å². The first-order valence-corrected chi connectivity index (χ1v) is 5.61. The van der Waals surface area contributed by atoms with Crippen LogP contribution in [0, 0.1) is 0 Å². The van der Waals surface area contributed by atoms with E-state index < -0.39 is 0 Å². The topological polar surface area (TPSA) is 33.1 Å². The number of aromatic nitrogens is 1. The molecular weight excluding hydrogens is 186 g/mol. The van der Waals surface area contributed by atoms with Crippen LogP contribution in [0.2, 0.25) is 0 Å². The van der Waals surface area contributed by atoms with Crippen LogP contribution in [0.3, 0.4) is 0 Å². The minimum absolute atomic E-state index is 0.237. The molecule has 1 aliphatic carbocycles. The predicted molar refractivity (Wildman–Crippen MR) is 60.5 cm³/mol. The maximum Gasteiger partial charge on any atom is 0.0723 e. The van der Waals surface area contributed by atoms with E-state index in [9.17, 15) is 5.11 Å². The van der Waals surface area contributed by atoms with Gasteiger partial charge in [0.1, 0.15) is 0 Å². The summed E-state index contributed by atoms with van der Waals surface area (Å²) in [7, 11) is 0. The van der Waals surface area contributed by atoms with Gasteiger partial charge in [-0.25, -0.2) is 0 Å². The monoisotopic (exact) mass is 203 g/mol. The molecule has 0 fully saturated rings. The summed E-state index contributed by atoms with van der Waals surface area (Å²) in [6.07, 6.45) is 10.8. The molecule has 1 heterocycles. The van der Waals surface area contributed by atoms with Gasteiger partial charge in [-0.05, 0) is 37.3 Å². The number of hydrogen-bond acceptors (Lipinski definition) is 2. The van der Waals surface area contributed by atoms with E-state index in [-0.39, 0.29) is 6.10 Å². The molecule has 0 radical (unpaired) electrons. The van der Waals surface area contributed by atoms with Gasteiger partial charge in [0.2, 0.25) is 0 Å². The maximum absolute atomic E-state index is 9.65. The Hall–Kier alpha value is -1.15. The molecule has 1 aliphatic rings. The molecule has 0 saturated heterocycles. The fourth-order valence-electron chi connectivity index (χ4n) is 2.06. The lowest BCUT2D eigenvalue weighted by atomic mass is 10.0. The van der Waals surface area contributed by atoms with Gasteiger partial charge >= 0.3 is 0 Å². The number of allylic oxidation sites excluding steroid dienone is 1. The number of rotatable bonds is 2. The van der Waals surface area contributed by atoms with E-state index in [1.807, 2.05) is 18.3 Å². The zero-order valence-corrected chi connectivity index (χ0v) is 8.89. The van der Waals surface area contributed by atoms with Crippen molar-refractivity contribution >= 4 is 0 Å². The lowest BCUT2D eigenvalue weighted by Gasteiger charge is -2.05. The van der Waals surface area contributed by atoms with Crippen molar-refractivity contribution in [3.8, 4) is 0 Å². The third-order valence-corrected chi connectivity index (χ3v) is 2.83. The zero-order chi connectivity index (χ0) is 10.5. The fourth-order valence-corrected chi connectivity index (χ4v) is 2.06. The van der Waals surface area contributed by atoms with Gasteiger partial charge in [-0.1, -0.05) is 24.1 Å². The first-order valence-electron chi connectivity index (χ1n) is 5.61. The van der Waals surface area contributed by atoms with E-state index in [1.54, 1.807) is 6.20 Å². The first kappa shape index (κ1) is 10.4. The van der Waals surface area contributed by atoms with Crippen molar-refractivity contribution in [3.05, 3.63) is 41.7 Å². The average molecular weight is 203 g/mol. The van der Waals surface area contributed by atoms with Crippen LogP contribution in [0.4, 0.5) is 0 Å². The Kier molecular flexibility index (Phi) is 3.51. The molecule has 0 spiro atoms. The first-order chi connectivity index (χ1) is 7.34. The second-order valence-electron chi connectivity index (χ2n) is 4.18. The predicted octanol–water partition coefficient (Wildman–Crippen LogP) is 2.49. The van der Waals surface area contributed by atoms with Crippen LogP contribution in [0.5, 0.6) is 0 Å². The van der Waals surface area contributed by atoms with Crippen molar-refractivity contribution in [1.29, 1.82) is 0 Å². The van der Waals surface area contributed by atoms with Crippen molar-refractivity contribution in [1.82, 2.24) is 4.98 Å². The Morgan fingerprint density at radius 1 is 1.40 bits per heavy atom. The quantitative estimate of drug-likeness (QED) is 0.749. The molecule has 0 amide bonds. The number of hydrogen-bond donors (Lipinski definition) is 1. The highest BCUT2D eigenvalue weighted by atomic mass is 16.3. The highest BCUT2D eigenvalue weighted by Gasteiger charge is 2.09. The molecule has 15 heavy (non-hydrogen) atoms. The smallest absolute Gasteiger partial charge is 0.0723 e. The highest BCUT2D eigenvalue weighted by Crippen LogP contribution is 2.20. The molecule has 0 bridgehead atoms. The van der Waals surface area contributed by atoms with Crippen molar-refractivity contribution < 1.29 is 5.11 Å². The SMILES string of the molecule is OC1C=C(Cc2cccnc2)CCCC1. The average Bonchev–Trinajstić information content (AvgIpc) is 2.44. The summed E-state index contributed by atoms with van der Waals surface area (Å²) in [5.41, 5.74) is 2.59. The molecule has 1 atom stereocenters. The lowest BCUT2D eigenvalue weighted by Crippen LogP contribution is -2.01. The summed E-state index contributed by atoms with van der Waals surface area (Å²) in [4.78, 5) is 4.10. The summed E-state index contributed by atoms with van der Waals surface area (Å²) in [6.45, 7) is 0. The normalized spacial score (nSPS) is 21.9. The van der Waals surface area contributed by atoms with Gasteiger partial charge < -0.3 is 5.11 Å². The van der Waals surface area contributed by atoms with Crippen LogP contribution < -0.4 is 0 Å². The Labute approximate surface area is 90.7 Å². The van der Waals surface area contributed by atoms with Gasteiger partial charge in [0.05, 0.1) is 6.10 Å². The van der Waals surface area contributed by atoms with Crippen molar-refractivity contribution in [2.45, 2.75) is 38.2 Å². The maximum atomic E-state index is 9.65. The molecule has 1 aromatic rings. The molecule has 1 N–H and O–H groups in total. The van der Waals surface area contributed by atoms with E-state index in [0.717, 1.165) is 25.7 Å². The second-order valence-corrected chi connectivity index (χ2v) is 4.18. The van der Waals surface area contributed by atoms with Crippen LogP contribution in [0.25, 0.3) is 0 Å². The van der Waals surface area contributed by atoms with Gasteiger partial charge in [0.15, 0.2) is 0 Å². The van der Waals surface area contributed by atoms with E-state index >= 15 is 0 Å². The number of pyridine rings is 1. The number of aliphatic hydroxyl groups is 1. The minimum Gasteiger partial charge on any atom is -0.389 e. The summed E-state index contributed by atoms with van der Waals surface area (Å²) in [5, 5.41) is 9.65. The highest BCUT2D eigenvalue weighted by molar-refractivity contribution is 5.20. The van der Waals surface area contributed by atoms with Gasteiger partial charge in [0.25, 0.3) is 0 Å². The van der Waals surface area contributed by atoms with E-state index in [0.29, 0.717) is 0 Å². The Morgan fingerprint density at radius 2 is 2.33 bits per heavy atom. The molecule has 0 aliphatic heterocycles. The molecule has 2 nitrogen and oxygen atoms in total. The largest absolute Gasteiger partial charge is 0.389 e. The Balaban J connectivity index is 2.04.